The second kappa shape index (κ2) is 8.49. The molecular weight excluding hydrogens is 348 g/mol. The van der Waals surface area contributed by atoms with Gasteiger partial charge in [-0.25, -0.2) is 4.98 Å². The first kappa shape index (κ1) is 17.9. The molecule has 140 valence electrons. The standard InChI is InChI=1S/C22H22N6/c23-14-16-7-4-5-11-19(16)26-21-13-20(17-8-6-12-24-15-17)27-22(28-21)25-18-9-2-1-3-10-18/h4-8,11-13,15,18H,1-3,9-10H2,(H2,25,26,27,28). The molecule has 0 atom stereocenters. The van der Waals surface area contributed by atoms with Crippen LogP contribution in [0, 0.1) is 11.3 Å². The fraction of sp³-hybridized carbons (Fsp3) is 0.273. The first-order chi connectivity index (χ1) is 13.8. The number of nitriles is 1. The molecular formula is C22H22N6. The maximum absolute atomic E-state index is 9.36. The van der Waals surface area contributed by atoms with Crippen molar-refractivity contribution in [3.63, 3.8) is 0 Å². The van der Waals surface area contributed by atoms with Gasteiger partial charge in [-0.2, -0.15) is 10.2 Å². The highest BCUT2D eigenvalue weighted by Gasteiger charge is 2.16. The maximum Gasteiger partial charge on any atom is 0.225 e. The number of anilines is 3. The second-order valence-corrected chi connectivity index (χ2v) is 6.97. The number of rotatable bonds is 5. The van der Waals surface area contributed by atoms with Crippen molar-refractivity contribution in [3.8, 4) is 17.3 Å². The summed E-state index contributed by atoms with van der Waals surface area (Å²) in [6.07, 6.45) is 9.59. The van der Waals surface area contributed by atoms with Crippen LogP contribution in [0.3, 0.4) is 0 Å². The Bertz CT molecular complexity index is 974. The lowest BCUT2D eigenvalue weighted by Gasteiger charge is -2.23. The lowest BCUT2D eigenvalue weighted by atomic mass is 9.96. The average molecular weight is 370 g/mol. The van der Waals surface area contributed by atoms with E-state index in [1.807, 2.05) is 36.4 Å². The third-order valence-corrected chi connectivity index (χ3v) is 4.93. The Labute approximate surface area is 164 Å². The van der Waals surface area contributed by atoms with Gasteiger partial charge in [-0.3, -0.25) is 4.98 Å². The van der Waals surface area contributed by atoms with Crippen molar-refractivity contribution in [1.82, 2.24) is 15.0 Å². The van der Waals surface area contributed by atoms with E-state index in [9.17, 15) is 5.26 Å². The van der Waals surface area contributed by atoms with E-state index in [4.69, 9.17) is 4.98 Å². The quantitative estimate of drug-likeness (QED) is 0.664. The highest BCUT2D eigenvalue weighted by Crippen LogP contribution is 2.26. The van der Waals surface area contributed by atoms with Gasteiger partial charge in [0.05, 0.1) is 16.9 Å². The van der Waals surface area contributed by atoms with Gasteiger partial charge in [0.25, 0.3) is 0 Å². The van der Waals surface area contributed by atoms with Gasteiger partial charge < -0.3 is 10.6 Å². The van der Waals surface area contributed by atoms with Crippen LogP contribution in [0.4, 0.5) is 17.5 Å². The minimum atomic E-state index is 0.400. The molecule has 1 saturated carbocycles. The summed E-state index contributed by atoms with van der Waals surface area (Å²) in [6.45, 7) is 0. The normalized spacial score (nSPS) is 14.2. The van der Waals surface area contributed by atoms with E-state index in [-0.39, 0.29) is 0 Å². The Kier molecular flexibility index (Phi) is 5.43. The summed E-state index contributed by atoms with van der Waals surface area (Å²) in [4.78, 5) is 13.6. The van der Waals surface area contributed by atoms with Crippen LogP contribution in [0.15, 0.2) is 54.9 Å². The summed E-state index contributed by atoms with van der Waals surface area (Å²) in [5.41, 5.74) is 3.02. The zero-order valence-electron chi connectivity index (χ0n) is 15.6. The highest BCUT2D eigenvalue weighted by molar-refractivity contribution is 5.69. The van der Waals surface area contributed by atoms with Crippen LogP contribution in [-0.4, -0.2) is 21.0 Å². The average Bonchev–Trinajstić information content (AvgIpc) is 2.75. The van der Waals surface area contributed by atoms with Gasteiger partial charge in [-0.15, -0.1) is 0 Å². The lowest BCUT2D eigenvalue weighted by molar-refractivity contribution is 0.461. The van der Waals surface area contributed by atoms with Gasteiger partial charge in [0.1, 0.15) is 11.9 Å². The molecule has 2 N–H and O–H groups in total. The van der Waals surface area contributed by atoms with E-state index in [1.165, 1.54) is 19.3 Å². The number of hydrogen-bond acceptors (Lipinski definition) is 6. The Balaban J connectivity index is 1.68. The van der Waals surface area contributed by atoms with Crippen LogP contribution < -0.4 is 10.6 Å². The van der Waals surface area contributed by atoms with Crippen LogP contribution in [0.5, 0.6) is 0 Å². The lowest BCUT2D eigenvalue weighted by Crippen LogP contribution is -2.23. The topological polar surface area (TPSA) is 86.5 Å². The van der Waals surface area contributed by atoms with Crippen LogP contribution in [-0.2, 0) is 0 Å². The number of pyridine rings is 1. The van der Waals surface area contributed by atoms with E-state index in [0.717, 1.165) is 29.8 Å². The maximum atomic E-state index is 9.36. The summed E-state index contributed by atoms with van der Waals surface area (Å²) in [5, 5.41) is 16.1. The van der Waals surface area contributed by atoms with Gasteiger partial charge in [0.15, 0.2) is 0 Å². The first-order valence-corrected chi connectivity index (χ1v) is 9.64. The summed E-state index contributed by atoms with van der Waals surface area (Å²) in [7, 11) is 0. The number of nitrogens with zero attached hydrogens (tertiary/aromatic N) is 4. The summed E-state index contributed by atoms with van der Waals surface area (Å²) in [6, 6.07) is 15.8. The first-order valence-electron chi connectivity index (χ1n) is 9.64. The van der Waals surface area contributed by atoms with E-state index in [2.05, 4.69) is 26.7 Å². The molecule has 0 amide bonds. The Morgan fingerprint density at radius 3 is 2.64 bits per heavy atom. The van der Waals surface area contributed by atoms with Crippen LogP contribution >= 0.6 is 0 Å². The van der Waals surface area contributed by atoms with Crippen LogP contribution in [0.2, 0.25) is 0 Å². The van der Waals surface area contributed by atoms with E-state index in [1.54, 1.807) is 18.5 Å². The zero-order chi connectivity index (χ0) is 19.2. The highest BCUT2D eigenvalue weighted by atomic mass is 15.2. The molecule has 1 fully saturated rings. The van der Waals surface area contributed by atoms with Crippen molar-refractivity contribution in [2.45, 2.75) is 38.1 Å². The predicted molar refractivity (Wildman–Crippen MR) is 110 cm³/mol. The largest absolute Gasteiger partial charge is 0.351 e. The minimum Gasteiger partial charge on any atom is -0.351 e. The Hall–Kier alpha value is -3.46. The molecule has 3 aromatic rings. The molecule has 1 aliphatic carbocycles. The SMILES string of the molecule is N#Cc1ccccc1Nc1cc(-c2cccnc2)nc(NC2CCCCC2)n1. The van der Waals surface area contributed by atoms with Crippen molar-refractivity contribution >= 4 is 17.5 Å². The number of para-hydroxylation sites is 1. The third kappa shape index (κ3) is 4.26. The van der Waals surface area contributed by atoms with E-state index in [0.29, 0.717) is 23.4 Å². The monoisotopic (exact) mass is 370 g/mol. The van der Waals surface area contributed by atoms with Gasteiger partial charge >= 0.3 is 0 Å². The fourth-order valence-corrected chi connectivity index (χ4v) is 3.50. The molecule has 0 spiro atoms. The predicted octanol–water partition coefficient (Wildman–Crippen LogP) is 4.90. The number of aromatic nitrogens is 3. The van der Waals surface area contributed by atoms with Crippen molar-refractivity contribution in [3.05, 3.63) is 60.4 Å². The molecule has 0 aliphatic heterocycles. The molecule has 28 heavy (non-hydrogen) atoms. The summed E-state index contributed by atoms with van der Waals surface area (Å²) in [5.74, 6) is 1.25. The second-order valence-electron chi connectivity index (χ2n) is 6.97. The molecule has 1 aromatic carbocycles. The molecule has 0 saturated heterocycles. The molecule has 0 bridgehead atoms. The van der Waals surface area contributed by atoms with Crippen LogP contribution in [0.25, 0.3) is 11.3 Å². The Morgan fingerprint density at radius 1 is 1.00 bits per heavy atom. The van der Waals surface area contributed by atoms with Gasteiger partial charge in [-0.05, 0) is 37.1 Å². The van der Waals surface area contributed by atoms with Gasteiger partial charge in [0.2, 0.25) is 5.95 Å². The minimum absolute atomic E-state index is 0.400. The number of hydrogen-bond donors (Lipinski definition) is 2. The molecule has 6 heteroatoms. The molecule has 4 rings (SSSR count). The van der Waals surface area contributed by atoms with Gasteiger partial charge in [0, 0.05) is 30.1 Å². The molecule has 6 nitrogen and oxygen atoms in total. The van der Waals surface area contributed by atoms with Gasteiger partial charge in [-0.1, -0.05) is 31.4 Å². The third-order valence-electron chi connectivity index (χ3n) is 4.93. The Morgan fingerprint density at radius 2 is 1.86 bits per heavy atom. The molecule has 2 aromatic heterocycles. The van der Waals surface area contributed by atoms with Crippen molar-refractivity contribution in [1.29, 1.82) is 5.26 Å². The molecule has 0 unspecified atom stereocenters. The number of nitrogens with one attached hydrogen (secondary N) is 2. The molecule has 1 aliphatic rings. The molecule has 2 heterocycles. The summed E-state index contributed by atoms with van der Waals surface area (Å²) >= 11 is 0. The molecule has 0 radical (unpaired) electrons. The zero-order valence-corrected chi connectivity index (χ0v) is 15.6. The number of benzene rings is 1. The summed E-state index contributed by atoms with van der Waals surface area (Å²) < 4.78 is 0. The smallest absolute Gasteiger partial charge is 0.225 e. The fourth-order valence-electron chi connectivity index (χ4n) is 3.50. The van der Waals surface area contributed by atoms with Crippen molar-refractivity contribution in [2.75, 3.05) is 10.6 Å². The van der Waals surface area contributed by atoms with E-state index >= 15 is 0 Å². The van der Waals surface area contributed by atoms with Crippen LogP contribution in [0.1, 0.15) is 37.7 Å². The van der Waals surface area contributed by atoms with Crippen molar-refractivity contribution < 1.29 is 0 Å². The van der Waals surface area contributed by atoms with Crippen molar-refractivity contribution in [2.24, 2.45) is 0 Å². The van der Waals surface area contributed by atoms with E-state index < -0.39 is 0 Å².